The highest BCUT2D eigenvalue weighted by molar-refractivity contribution is 9.10. The third-order valence-electron chi connectivity index (χ3n) is 11.1. The van der Waals surface area contributed by atoms with E-state index in [1.54, 1.807) is 43.7 Å². The van der Waals surface area contributed by atoms with Gasteiger partial charge in [-0.2, -0.15) is 0 Å². The number of aromatic nitrogens is 6. The van der Waals surface area contributed by atoms with Gasteiger partial charge < -0.3 is 47.0 Å². The van der Waals surface area contributed by atoms with Crippen LogP contribution in [0.3, 0.4) is 0 Å². The molecule has 2 aliphatic rings. The quantitative estimate of drug-likeness (QED) is 0.0523. The van der Waals surface area contributed by atoms with Crippen molar-refractivity contribution in [3.05, 3.63) is 170 Å². The molecule has 7 heterocycles. The number of thiophene rings is 1. The maximum absolute atomic E-state index is 12.2. The van der Waals surface area contributed by atoms with Crippen LogP contribution in [0.25, 0.3) is 37.5 Å². The summed E-state index contributed by atoms with van der Waals surface area (Å²) in [6.45, 7) is 12.3. The normalized spacial score (nSPS) is 13.3. The number of carbonyl (C=O) groups is 3. The number of benzene rings is 4. The van der Waals surface area contributed by atoms with Crippen molar-refractivity contribution in [2.24, 2.45) is 16.5 Å². The lowest BCUT2D eigenvalue weighted by Crippen LogP contribution is -2.28. The molecule has 0 bridgehead atoms. The van der Waals surface area contributed by atoms with E-state index >= 15 is 0 Å². The first kappa shape index (κ1) is 68.6. The van der Waals surface area contributed by atoms with Crippen molar-refractivity contribution in [3.63, 3.8) is 0 Å². The Kier molecular flexibility index (Phi) is 27.6. The van der Waals surface area contributed by atoms with Gasteiger partial charge in [-0.05, 0) is 166 Å². The summed E-state index contributed by atoms with van der Waals surface area (Å²) in [5, 5.41) is 21.4. The van der Waals surface area contributed by atoms with Gasteiger partial charge in [-0.3, -0.25) is 14.4 Å². The Bertz CT molecular complexity index is 3530. The number of Topliss-reactive ketones (excluding diaryl/α,β-unsaturated/α-hetero) is 1. The molecule has 1 fully saturated rings. The number of likely N-dealkylation sites (N-methyl/N-ethyl adjacent to an activating group) is 1. The van der Waals surface area contributed by atoms with Crippen LogP contribution < -0.4 is 27.4 Å². The monoisotopic (exact) mass is 1310 g/mol. The molecule has 18 nitrogen and oxygen atoms in total. The summed E-state index contributed by atoms with van der Waals surface area (Å²) in [6.07, 6.45) is 9.53. The molecule has 83 heavy (non-hydrogen) atoms. The number of aromatic amines is 1. The summed E-state index contributed by atoms with van der Waals surface area (Å²) in [7, 11) is 1.89. The lowest BCUT2D eigenvalue weighted by atomic mass is 10.1. The second-order valence-corrected chi connectivity index (χ2v) is 22.7. The molecule has 2 aliphatic heterocycles. The predicted octanol–water partition coefficient (Wildman–Crippen LogP) is 15.0. The number of hydrogen-bond acceptors (Lipinski definition) is 16. The van der Waals surface area contributed by atoms with Crippen LogP contribution in [0.15, 0.2) is 148 Å². The molecule has 2 atom stereocenters. The minimum Gasteiger partial charge on any atom is -0.477 e. The number of nitrogens with zero attached hydrogens (tertiary/aromatic N) is 6. The molecule has 440 valence electrons. The number of carboxylic acid groups (broad SMARTS) is 1. The van der Waals surface area contributed by atoms with E-state index in [1.807, 2.05) is 132 Å². The van der Waals surface area contributed by atoms with Crippen molar-refractivity contribution in [2.45, 2.75) is 73.6 Å². The van der Waals surface area contributed by atoms with E-state index < -0.39 is 17.7 Å². The molecule has 23 heteroatoms. The standard InChI is InChI=1S/C17H17ClN4O2.C14H11ClN4.C10H8BrNO.C9H5BrO2S.C4H12N2.C4H9NO.2CH4/c1-17(2,3)24-16(23)22-9-7-11-10-12(4-5-13(11)22)20-14-6-8-19-15(18)21-14;15-14-17-8-6-13(19-14)18-12-3-1-10(2-4-12)11-5-7-16-9-11;1-6(13)9-4-7-2-3-8(11)5-10(7)12-9;10-6-2-1-5-3-8(9(11)12)13-7(5)4-6;1-4(5)3-6-2;5-4-1-2-6-3-4;;/h4-10H,1-3H3,(H,19,20,21);1-6,8-9H,7H2,(H,17,18,19);2-5,12H,1H3;1-4H,(H,11,12);4,6H,3,5H2,1-2H3;4H,1-3,5H2;2*1H4/t;;;;4-;;;/m....1.../s1. The number of rotatable bonds is 9. The maximum atomic E-state index is 12.2. The molecule has 1 saturated heterocycles. The second-order valence-electron chi connectivity index (χ2n) is 19.1. The molecule has 0 amide bonds. The summed E-state index contributed by atoms with van der Waals surface area (Å²) in [4.78, 5) is 57.4. The van der Waals surface area contributed by atoms with E-state index in [0.717, 1.165) is 96.1 Å². The molecule has 0 aliphatic carbocycles. The zero-order valence-corrected chi connectivity index (χ0v) is 50.7. The van der Waals surface area contributed by atoms with Crippen molar-refractivity contribution in [1.29, 1.82) is 0 Å². The number of hydrogen-bond donors (Lipinski definition) is 7. The van der Waals surface area contributed by atoms with Crippen LogP contribution in [0.2, 0.25) is 10.6 Å². The minimum absolute atomic E-state index is 0. The van der Waals surface area contributed by atoms with Gasteiger partial charge in [0.15, 0.2) is 5.78 Å². The molecular formula is C60H70Br2Cl2N12O6S. The van der Waals surface area contributed by atoms with Crippen LogP contribution in [0.5, 0.6) is 0 Å². The number of carboxylic acids is 1. The van der Waals surface area contributed by atoms with E-state index in [1.165, 1.54) is 15.9 Å². The maximum Gasteiger partial charge on any atom is 0.418 e. The van der Waals surface area contributed by atoms with E-state index in [0.29, 0.717) is 28.2 Å². The van der Waals surface area contributed by atoms with Gasteiger partial charge >= 0.3 is 12.1 Å². The number of nitrogens with two attached hydrogens (primary N) is 2. The van der Waals surface area contributed by atoms with Crippen LogP contribution in [0, 0.1) is 0 Å². The average Bonchev–Trinajstić information content (AvgIpc) is 4.48. The highest BCUT2D eigenvalue weighted by Crippen LogP contribution is 2.29. The van der Waals surface area contributed by atoms with E-state index in [9.17, 15) is 14.4 Å². The number of halogens is 4. The van der Waals surface area contributed by atoms with Crippen molar-refractivity contribution >= 4 is 151 Å². The summed E-state index contributed by atoms with van der Waals surface area (Å²) in [6, 6.07) is 34.9. The SMILES string of the molecule is C.C.CC(=O)c1cc2ccc(Br)cc2[nH]1.CC(C)(C)OC(=O)n1ccc2cc(Nc3ccnc(Cl)n3)ccc21.CNC[C@@H](C)N.Clc1nccc(Nc2ccc(C3=CCN=C3)cc2)n1.NC1CCOC1.O=C(O)c1cc2ccc(Br)cc2s1. The summed E-state index contributed by atoms with van der Waals surface area (Å²) < 4.78 is 14.8. The number of allylic oxidation sites excluding steroid dienone is 1. The minimum atomic E-state index is -0.864. The topological polar surface area (TPSA) is 263 Å². The first-order chi connectivity index (χ1) is 38.6. The fourth-order valence-electron chi connectivity index (χ4n) is 7.36. The molecule has 9 aromatic rings. The Morgan fingerprint density at radius 1 is 0.855 bits per heavy atom. The van der Waals surface area contributed by atoms with E-state index in [4.69, 9.17) is 49.2 Å². The van der Waals surface area contributed by atoms with Gasteiger partial charge in [0, 0.05) is 98.3 Å². The Balaban J connectivity index is 0.000000226. The molecule has 4 aromatic carbocycles. The average molecular weight is 1320 g/mol. The largest absolute Gasteiger partial charge is 0.477 e. The van der Waals surface area contributed by atoms with Crippen molar-refractivity contribution < 1.29 is 29.0 Å². The van der Waals surface area contributed by atoms with Crippen LogP contribution in [-0.4, -0.2) is 110 Å². The number of ketones is 1. The summed E-state index contributed by atoms with van der Waals surface area (Å²) in [5.41, 5.74) is 16.7. The first-order valence-corrected chi connectivity index (χ1v) is 28.4. The van der Waals surface area contributed by atoms with Crippen molar-refractivity contribution in [2.75, 3.05) is 44.0 Å². The third kappa shape index (κ3) is 22.6. The molecule has 0 spiro atoms. The lowest BCUT2D eigenvalue weighted by molar-refractivity contribution is 0.0543. The predicted molar refractivity (Wildman–Crippen MR) is 349 cm³/mol. The van der Waals surface area contributed by atoms with E-state index in [2.05, 4.69) is 83.8 Å². The van der Waals surface area contributed by atoms with Gasteiger partial charge in [-0.1, -0.05) is 77.1 Å². The van der Waals surface area contributed by atoms with Crippen LogP contribution >= 0.6 is 66.4 Å². The van der Waals surface area contributed by atoms with Crippen LogP contribution in [-0.2, 0) is 9.47 Å². The summed E-state index contributed by atoms with van der Waals surface area (Å²) in [5.74, 6) is 0.472. The molecule has 5 aromatic heterocycles. The molecule has 9 N–H and O–H groups in total. The third-order valence-corrected chi connectivity index (χ3v) is 13.5. The Morgan fingerprint density at radius 3 is 2.00 bits per heavy atom. The highest BCUT2D eigenvalue weighted by Gasteiger charge is 2.19. The zero-order valence-electron chi connectivity index (χ0n) is 45.2. The number of ether oxygens (including phenoxy) is 2. The number of anilines is 4. The van der Waals surface area contributed by atoms with Gasteiger partial charge in [0.1, 0.15) is 22.1 Å². The lowest BCUT2D eigenvalue weighted by Gasteiger charge is -2.19. The number of carbonyl (C=O) groups excluding carboxylic acids is 2. The first-order valence-electron chi connectivity index (χ1n) is 25.2. The number of H-pyrrole nitrogens is 1. The van der Waals surface area contributed by atoms with Crippen molar-refractivity contribution in [3.8, 4) is 0 Å². The number of aromatic carboxylic acids is 1. The fraction of sp³-hybridized carbons (Fsp3) is 0.267. The van der Waals surface area contributed by atoms with Gasteiger partial charge in [0.05, 0.1) is 24.4 Å². The fourth-order valence-corrected chi connectivity index (χ4v) is 9.47. The van der Waals surface area contributed by atoms with Crippen molar-refractivity contribution in [1.82, 2.24) is 34.8 Å². The number of nitrogens with one attached hydrogen (secondary N) is 4. The summed E-state index contributed by atoms with van der Waals surface area (Å²) >= 11 is 19.5. The molecular weight excluding hydrogens is 1250 g/mol. The Labute approximate surface area is 514 Å². The van der Waals surface area contributed by atoms with E-state index in [-0.39, 0.29) is 37.2 Å². The zero-order chi connectivity index (χ0) is 58.6. The molecule has 1 unspecified atom stereocenters. The van der Waals surface area contributed by atoms with Crippen LogP contribution in [0.1, 0.15) is 81.6 Å². The number of fused-ring (bicyclic) bond motifs is 3. The van der Waals surface area contributed by atoms with Gasteiger partial charge in [0.25, 0.3) is 0 Å². The van der Waals surface area contributed by atoms with Gasteiger partial charge in [0.2, 0.25) is 10.6 Å². The molecule has 11 rings (SSSR count). The molecule has 0 saturated carbocycles. The second kappa shape index (κ2) is 33.4. The van der Waals surface area contributed by atoms with Gasteiger partial charge in [-0.25, -0.2) is 29.5 Å². The molecule has 0 radical (unpaired) electrons. The Morgan fingerprint density at radius 2 is 1.48 bits per heavy atom. The highest BCUT2D eigenvalue weighted by atomic mass is 79.9. The van der Waals surface area contributed by atoms with Gasteiger partial charge in [-0.15, -0.1) is 11.3 Å². The van der Waals surface area contributed by atoms with Crippen LogP contribution in [0.4, 0.5) is 27.8 Å². The number of aliphatic imine (C=N–C) groups is 1. The smallest absolute Gasteiger partial charge is 0.418 e. The Hall–Kier alpha value is -6.92.